The van der Waals surface area contributed by atoms with E-state index < -0.39 is 0 Å². The predicted octanol–water partition coefficient (Wildman–Crippen LogP) is 3.99. The molecule has 0 radical (unpaired) electrons. The Hall–Kier alpha value is -1.61. The van der Waals surface area contributed by atoms with Gasteiger partial charge in [-0.05, 0) is 24.4 Å². The van der Waals surface area contributed by atoms with Crippen LogP contribution in [-0.4, -0.2) is 16.7 Å². The molecule has 0 unspecified atom stereocenters. The molecule has 2 rings (SSSR count). The molecule has 0 spiro atoms. The summed E-state index contributed by atoms with van der Waals surface area (Å²) in [7, 11) is 0. The van der Waals surface area contributed by atoms with Crippen LogP contribution in [0.1, 0.15) is 38.7 Å². The minimum absolute atomic E-state index is 0.813. The Morgan fingerprint density at radius 2 is 1.95 bits per heavy atom. The molecule has 3 nitrogen and oxygen atoms in total. The van der Waals surface area contributed by atoms with Gasteiger partial charge in [0.25, 0.3) is 0 Å². The van der Waals surface area contributed by atoms with Gasteiger partial charge < -0.3 is 5.32 Å². The third kappa shape index (κ3) is 4.49. The van der Waals surface area contributed by atoms with Crippen molar-refractivity contribution in [1.29, 1.82) is 0 Å². The van der Waals surface area contributed by atoms with Crippen molar-refractivity contribution in [2.45, 2.75) is 39.7 Å². The van der Waals surface area contributed by atoms with Crippen molar-refractivity contribution < 1.29 is 0 Å². The lowest BCUT2D eigenvalue weighted by Crippen LogP contribution is -2.15. The van der Waals surface area contributed by atoms with Crippen LogP contribution in [0.4, 0.5) is 0 Å². The number of nitrogens with zero attached hydrogens (tertiary/aromatic N) is 1. The summed E-state index contributed by atoms with van der Waals surface area (Å²) in [5.41, 5.74) is 3.56. The summed E-state index contributed by atoms with van der Waals surface area (Å²) in [4.78, 5) is 0. The highest BCUT2D eigenvalue weighted by Crippen LogP contribution is 2.20. The molecule has 1 heterocycles. The van der Waals surface area contributed by atoms with Crippen molar-refractivity contribution in [2.24, 2.45) is 5.92 Å². The first-order valence-corrected chi connectivity index (χ1v) is 7.55. The molecule has 3 heteroatoms. The van der Waals surface area contributed by atoms with Crippen molar-refractivity contribution in [3.8, 4) is 11.3 Å². The molecule has 108 valence electrons. The van der Waals surface area contributed by atoms with E-state index in [-0.39, 0.29) is 0 Å². The van der Waals surface area contributed by atoms with E-state index in [2.05, 4.69) is 53.6 Å². The molecular formula is C17H25N3. The number of benzene rings is 1. The lowest BCUT2D eigenvalue weighted by Gasteiger charge is -2.07. The molecule has 20 heavy (non-hydrogen) atoms. The maximum atomic E-state index is 4.17. The van der Waals surface area contributed by atoms with Gasteiger partial charge >= 0.3 is 0 Å². The summed E-state index contributed by atoms with van der Waals surface area (Å²) in [6.07, 6.45) is 5.80. The zero-order valence-corrected chi connectivity index (χ0v) is 12.5. The van der Waals surface area contributed by atoms with Crippen LogP contribution in [0.15, 0.2) is 36.5 Å². The smallest absolute Gasteiger partial charge is 0.0695 e. The first-order chi connectivity index (χ1) is 9.77. The first kappa shape index (κ1) is 14.8. The lowest BCUT2D eigenvalue weighted by molar-refractivity contribution is 0.521. The van der Waals surface area contributed by atoms with Gasteiger partial charge in [-0.15, -0.1) is 0 Å². The highest BCUT2D eigenvalue weighted by molar-refractivity contribution is 5.62. The number of rotatable bonds is 8. The molecule has 0 saturated carbocycles. The monoisotopic (exact) mass is 271 g/mol. The molecule has 0 atom stereocenters. The van der Waals surface area contributed by atoms with E-state index in [1.807, 2.05) is 12.3 Å². The molecule has 2 aromatic rings. The molecule has 0 aliphatic heterocycles. The van der Waals surface area contributed by atoms with Crippen molar-refractivity contribution in [1.82, 2.24) is 15.5 Å². The van der Waals surface area contributed by atoms with Gasteiger partial charge in [-0.2, -0.15) is 5.10 Å². The number of aromatic amines is 1. The van der Waals surface area contributed by atoms with Gasteiger partial charge in [-0.25, -0.2) is 0 Å². The number of unbranched alkanes of at least 4 members (excludes halogenated alkanes) is 1. The van der Waals surface area contributed by atoms with Crippen LogP contribution in [0.5, 0.6) is 0 Å². The predicted molar refractivity (Wildman–Crippen MR) is 84.4 cm³/mol. The summed E-state index contributed by atoms with van der Waals surface area (Å²) in [6, 6.07) is 10.4. The van der Waals surface area contributed by atoms with Gasteiger partial charge in [0, 0.05) is 12.1 Å². The molecule has 0 bridgehead atoms. The summed E-state index contributed by atoms with van der Waals surface area (Å²) < 4.78 is 0. The van der Waals surface area contributed by atoms with Crippen LogP contribution in [0.2, 0.25) is 0 Å². The second-order valence-corrected chi connectivity index (χ2v) is 5.70. The first-order valence-electron chi connectivity index (χ1n) is 7.55. The fourth-order valence-corrected chi connectivity index (χ4v) is 2.33. The van der Waals surface area contributed by atoms with E-state index in [9.17, 15) is 0 Å². The van der Waals surface area contributed by atoms with E-state index in [1.165, 1.54) is 30.4 Å². The highest BCUT2D eigenvalue weighted by Gasteiger charge is 2.06. The van der Waals surface area contributed by atoms with E-state index >= 15 is 0 Å². The van der Waals surface area contributed by atoms with Gasteiger partial charge in [0.2, 0.25) is 0 Å². The van der Waals surface area contributed by atoms with E-state index in [0.29, 0.717) is 0 Å². The fraction of sp³-hybridized carbons (Fsp3) is 0.471. The number of hydrogen-bond donors (Lipinski definition) is 2. The molecule has 0 amide bonds. The second kappa shape index (κ2) is 7.85. The van der Waals surface area contributed by atoms with Crippen molar-refractivity contribution in [3.05, 3.63) is 42.1 Å². The van der Waals surface area contributed by atoms with Crippen molar-refractivity contribution in [2.75, 3.05) is 6.54 Å². The molecule has 0 fully saturated rings. The lowest BCUT2D eigenvalue weighted by atomic mass is 10.1. The van der Waals surface area contributed by atoms with Gasteiger partial charge in [0.15, 0.2) is 0 Å². The molecule has 1 aromatic heterocycles. The number of nitrogens with one attached hydrogen (secondary N) is 2. The van der Waals surface area contributed by atoms with Crippen LogP contribution < -0.4 is 5.32 Å². The van der Waals surface area contributed by atoms with Crippen LogP contribution in [0.3, 0.4) is 0 Å². The summed E-state index contributed by atoms with van der Waals surface area (Å²) in [5, 5.41) is 10.8. The molecule has 1 aromatic carbocycles. The highest BCUT2D eigenvalue weighted by atomic mass is 15.1. The SMILES string of the molecule is CC(C)CCCCNCc1cn[nH]c1-c1ccccc1. The van der Waals surface area contributed by atoms with Gasteiger partial charge in [0.1, 0.15) is 0 Å². The van der Waals surface area contributed by atoms with Gasteiger partial charge in [-0.1, -0.05) is 57.0 Å². The van der Waals surface area contributed by atoms with Crippen LogP contribution >= 0.6 is 0 Å². The number of aromatic nitrogens is 2. The van der Waals surface area contributed by atoms with E-state index in [0.717, 1.165) is 24.7 Å². The minimum atomic E-state index is 0.813. The van der Waals surface area contributed by atoms with Crippen LogP contribution in [0.25, 0.3) is 11.3 Å². The van der Waals surface area contributed by atoms with Crippen molar-refractivity contribution in [3.63, 3.8) is 0 Å². The fourth-order valence-electron chi connectivity index (χ4n) is 2.33. The summed E-state index contributed by atoms with van der Waals surface area (Å²) >= 11 is 0. The Morgan fingerprint density at radius 3 is 2.70 bits per heavy atom. The zero-order chi connectivity index (χ0) is 14.2. The standard InChI is InChI=1S/C17H25N3/c1-14(2)8-6-7-11-18-12-16-13-19-20-17(16)15-9-4-3-5-10-15/h3-5,9-10,13-14,18H,6-8,11-12H2,1-2H3,(H,19,20). The largest absolute Gasteiger partial charge is 0.313 e. The topological polar surface area (TPSA) is 40.7 Å². The molecule has 0 aliphatic carbocycles. The Morgan fingerprint density at radius 1 is 1.15 bits per heavy atom. The second-order valence-electron chi connectivity index (χ2n) is 5.70. The average molecular weight is 271 g/mol. The third-order valence-corrected chi connectivity index (χ3v) is 3.48. The van der Waals surface area contributed by atoms with Gasteiger partial charge in [0.05, 0.1) is 11.9 Å². The molecule has 2 N–H and O–H groups in total. The van der Waals surface area contributed by atoms with Crippen LogP contribution in [-0.2, 0) is 6.54 Å². The van der Waals surface area contributed by atoms with Crippen molar-refractivity contribution >= 4 is 0 Å². The Labute approximate surface area is 121 Å². The number of hydrogen-bond acceptors (Lipinski definition) is 2. The Bertz CT molecular complexity index is 488. The molecular weight excluding hydrogens is 246 g/mol. The Kier molecular flexibility index (Phi) is 5.81. The normalized spacial score (nSPS) is 11.2. The minimum Gasteiger partial charge on any atom is -0.313 e. The van der Waals surface area contributed by atoms with Gasteiger partial charge in [-0.3, -0.25) is 5.10 Å². The Balaban J connectivity index is 1.78. The zero-order valence-electron chi connectivity index (χ0n) is 12.5. The maximum Gasteiger partial charge on any atom is 0.0695 e. The summed E-state index contributed by atoms with van der Waals surface area (Å²) in [5.74, 6) is 0.813. The van der Waals surface area contributed by atoms with E-state index in [1.54, 1.807) is 0 Å². The number of H-pyrrole nitrogens is 1. The quantitative estimate of drug-likeness (QED) is 0.713. The van der Waals surface area contributed by atoms with E-state index in [4.69, 9.17) is 0 Å². The molecule has 0 saturated heterocycles. The maximum absolute atomic E-state index is 4.17. The summed E-state index contributed by atoms with van der Waals surface area (Å²) in [6.45, 7) is 6.52. The average Bonchev–Trinajstić information content (AvgIpc) is 2.92. The third-order valence-electron chi connectivity index (χ3n) is 3.48. The molecule has 0 aliphatic rings. The van der Waals surface area contributed by atoms with Crippen LogP contribution in [0, 0.1) is 5.92 Å².